The maximum atomic E-state index is 12.1. The summed E-state index contributed by atoms with van der Waals surface area (Å²) in [5.74, 6) is 0. The van der Waals surface area contributed by atoms with Crippen molar-refractivity contribution in [1.29, 1.82) is 0 Å². The molecule has 0 atom stereocenters. The SMILES string of the molecule is O=c1oc2ccccc2cc1-c1nn2c(=S)[nH]nc2s1. The number of fused-ring (bicyclic) bond motifs is 2. The number of hydrogen-bond acceptors (Lipinski definition) is 6. The summed E-state index contributed by atoms with van der Waals surface area (Å²) in [6.45, 7) is 0. The average Bonchev–Trinajstić information content (AvgIpc) is 3.01. The smallest absolute Gasteiger partial charge is 0.346 e. The summed E-state index contributed by atoms with van der Waals surface area (Å²) in [4.78, 5) is 12.7. The fourth-order valence-electron chi connectivity index (χ4n) is 1.95. The molecule has 8 heteroatoms. The molecule has 4 aromatic rings. The van der Waals surface area contributed by atoms with Crippen molar-refractivity contribution in [3.63, 3.8) is 0 Å². The molecule has 6 nitrogen and oxygen atoms in total. The van der Waals surface area contributed by atoms with Crippen molar-refractivity contribution in [3.05, 3.63) is 45.5 Å². The molecule has 0 fully saturated rings. The standard InChI is InChI=1S/C12H6N4O2S2/c17-10-7(5-6-3-1-2-4-8(6)18-10)9-15-16-11(19)13-14-12(16)20-9/h1-5H,(H,13,19). The lowest BCUT2D eigenvalue weighted by Crippen LogP contribution is -2.02. The summed E-state index contributed by atoms with van der Waals surface area (Å²) in [6, 6.07) is 9.11. The van der Waals surface area contributed by atoms with Gasteiger partial charge in [-0.05, 0) is 24.4 Å². The van der Waals surface area contributed by atoms with Crippen LogP contribution in [0.25, 0.3) is 26.5 Å². The number of nitrogens with one attached hydrogen (secondary N) is 1. The molecular formula is C12H6N4O2S2. The van der Waals surface area contributed by atoms with E-state index >= 15 is 0 Å². The lowest BCUT2D eigenvalue weighted by Gasteiger charge is -1.98. The van der Waals surface area contributed by atoms with E-state index in [-0.39, 0.29) is 0 Å². The summed E-state index contributed by atoms with van der Waals surface area (Å²) in [5, 5.41) is 12.3. The summed E-state index contributed by atoms with van der Waals surface area (Å²) < 4.78 is 7.18. The number of benzene rings is 1. The highest BCUT2D eigenvalue weighted by atomic mass is 32.1. The van der Waals surface area contributed by atoms with Crippen LogP contribution >= 0.6 is 23.6 Å². The Hall–Kier alpha value is -2.32. The largest absolute Gasteiger partial charge is 0.422 e. The second-order valence-corrected chi connectivity index (χ2v) is 5.46. The normalized spacial score (nSPS) is 11.4. The summed E-state index contributed by atoms with van der Waals surface area (Å²) in [6.07, 6.45) is 0. The molecule has 1 aromatic carbocycles. The predicted octanol–water partition coefficient (Wildman–Crippen LogP) is 2.62. The second kappa shape index (κ2) is 4.09. The van der Waals surface area contributed by atoms with Crippen LogP contribution in [0.1, 0.15) is 0 Å². The number of hydrogen-bond donors (Lipinski definition) is 1. The molecule has 0 aliphatic heterocycles. The van der Waals surface area contributed by atoms with Gasteiger partial charge in [-0.3, -0.25) is 0 Å². The minimum atomic E-state index is -0.421. The third-order valence-electron chi connectivity index (χ3n) is 2.87. The first-order valence-electron chi connectivity index (χ1n) is 5.70. The van der Waals surface area contributed by atoms with Gasteiger partial charge in [0.15, 0.2) is 5.01 Å². The molecule has 0 saturated heterocycles. The van der Waals surface area contributed by atoms with Gasteiger partial charge in [0.05, 0.1) is 5.56 Å². The van der Waals surface area contributed by atoms with Crippen molar-refractivity contribution in [2.24, 2.45) is 0 Å². The monoisotopic (exact) mass is 302 g/mol. The summed E-state index contributed by atoms with van der Waals surface area (Å²) in [7, 11) is 0. The first-order valence-corrected chi connectivity index (χ1v) is 6.92. The van der Waals surface area contributed by atoms with Gasteiger partial charge >= 0.3 is 5.63 Å². The van der Waals surface area contributed by atoms with Crippen molar-refractivity contribution in [3.8, 4) is 10.6 Å². The highest BCUT2D eigenvalue weighted by Gasteiger charge is 2.14. The molecule has 3 aromatic heterocycles. The van der Waals surface area contributed by atoms with Crippen molar-refractivity contribution >= 4 is 39.5 Å². The first-order chi connectivity index (χ1) is 9.72. The molecule has 20 heavy (non-hydrogen) atoms. The van der Waals surface area contributed by atoms with Crippen LogP contribution in [0.3, 0.4) is 0 Å². The van der Waals surface area contributed by atoms with Crippen LogP contribution < -0.4 is 5.63 Å². The molecule has 98 valence electrons. The zero-order chi connectivity index (χ0) is 13.7. The highest BCUT2D eigenvalue weighted by Crippen LogP contribution is 2.25. The Labute approximate surface area is 120 Å². The van der Waals surface area contributed by atoms with Crippen LogP contribution in [0.5, 0.6) is 0 Å². The van der Waals surface area contributed by atoms with E-state index in [1.165, 1.54) is 15.9 Å². The van der Waals surface area contributed by atoms with Crippen molar-refractivity contribution < 1.29 is 4.42 Å². The van der Waals surface area contributed by atoms with Crippen molar-refractivity contribution in [1.82, 2.24) is 19.8 Å². The molecule has 0 spiro atoms. The molecule has 0 aliphatic rings. The molecule has 0 aliphatic carbocycles. The summed E-state index contributed by atoms with van der Waals surface area (Å²) >= 11 is 6.32. The lowest BCUT2D eigenvalue weighted by atomic mass is 10.2. The van der Waals surface area contributed by atoms with E-state index in [0.29, 0.717) is 25.9 Å². The maximum absolute atomic E-state index is 12.1. The molecule has 1 N–H and O–H groups in total. The first kappa shape index (κ1) is 11.5. The minimum Gasteiger partial charge on any atom is -0.422 e. The molecule has 0 bridgehead atoms. The molecular weight excluding hydrogens is 296 g/mol. The van der Waals surface area contributed by atoms with Crippen LogP contribution in [-0.4, -0.2) is 19.8 Å². The molecule has 0 unspecified atom stereocenters. The lowest BCUT2D eigenvalue weighted by molar-refractivity contribution is 0.563. The van der Waals surface area contributed by atoms with Gasteiger partial charge in [-0.25, -0.2) is 9.89 Å². The van der Waals surface area contributed by atoms with Crippen LogP contribution in [0.2, 0.25) is 0 Å². The van der Waals surface area contributed by atoms with E-state index in [1.807, 2.05) is 18.2 Å². The zero-order valence-corrected chi connectivity index (χ0v) is 11.5. The van der Waals surface area contributed by atoms with Gasteiger partial charge in [0, 0.05) is 5.39 Å². The van der Waals surface area contributed by atoms with Crippen LogP contribution in [0.4, 0.5) is 0 Å². The van der Waals surface area contributed by atoms with E-state index in [9.17, 15) is 4.79 Å². The summed E-state index contributed by atoms with van der Waals surface area (Å²) in [5.41, 5.74) is 0.545. The Bertz CT molecular complexity index is 1060. The molecule has 0 amide bonds. The third kappa shape index (κ3) is 1.62. The highest BCUT2D eigenvalue weighted by molar-refractivity contribution is 7.71. The van der Waals surface area contributed by atoms with Gasteiger partial charge in [-0.2, -0.15) is 9.61 Å². The molecule has 4 rings (SSSR count). The average molecular weight is 302 g/mol. The third-order valence-corrected chi connectivity index (χ3v) is 4.08. The fourth-order valence-corrected chi connectivity index (χ4v) is 3.04. The van der Waals surface area contributed by atoms with Crippen molar-refractivity contribution in [2.75, 3.05) is 0 Å². The fraction of sp³-hybridized carbons (Fsp3) is 0. The topological polar surface area (TPSA) is 76.2 Å². The van der Waals surface area contributed by atoms with E-state index < -0.39 is 5.63 Å². The predicted molar refractivity (Wildman–Crippen MR) is 77.5 cm³/mol. The number of nitrogens with zero attached hydrogens (tertiary/aromatic N) is 3. The Kier molecular flexibility index (Phi) is 2.35. The number of aromatic nitrogens is 4. The maximum Gasteiger partial charge on any atom is 0.346 e. The van der Waals surface area contributed by atoms with Crippen LogP contribution in [-0.2, 0) is 0 Å². The van der Waals surface area contributed by atoms with Gasteiger partial charge in [0.2, 0.25) is 9.73 Å². The van der Waals surface area contributed by atoms with Gasteiger partial charge in [-0.15, -0.1) is 5.10 Å². The quantitative estimate of drug-likeness (QED) is 0.432. The van der Waals surface area contributed by atoms with Crippen LogP contribution in [0, 0.1) is 4.77 Å². The molecule has 3 heterocycles. The number of H-pyrrole nitrogens is 1. The van der Waals surface area contributed by atoms with E-state index in [4.69, 9.17) is 16.6 Å². The number of aromatic amines is 1. The van der Waals surface area contributed by atoms with Crippen molar-refractivity contribution in [2.45, 2.75) is 0 Å². The Morgan fingerprint density at radius 2 is 2.20 bits per heavy atom. The van der Waals surface area contributed by atoms with Gasteiger partial charge in [0.25, 0.3) is 0 Å². The van der Waals surface area contributed by atoms with Gasteiger partial charge < -0.3 is 4.42 Å². The van der Waals surface area contributed by atoms with Gasteiger partial charge in [0.1, 0.15) is 5.58 Å². The second-order valence-electron chi connectivity index (χ2n) is 4.12. The van der Waals surface area contributed by atoms with E-state index in [1.54, 1.807) is 12.1 Å². The van der Waals surface area contributed by atoms with E-state index in [2.05, 4.69) is 15.3 Å². The Balaban J connectivity index is 2.03. The minimum absolute atomic E-state index is 0.396. The van der Waals surface area contributed by atoms with E-state index in [0.717, 1.165) is 5.39 Å². The molecule has 0 saturated carbocycles. The zero-order valence-electron chi connectivity index (χ0n) is 9.86. The molecule has 0 radical (unpaired) electrons. The van der Waals surface area contributed by atoms with Gasteiger partial charge in [-0.1, -0.05) is 29.5 Å². The number of para-hydroxylation sites is 1. The number of rotatable bonds is 1. The van der Waals surface area contributed by atoms with Crippen LogP contribution in [0.15, 0.2) is 39.5 Å². The Morgan fingerprint density at radius 1 is 1.35 bits per heavy atom. The Morgan fingerprint density at radius 3 is 3.05 bits per heavy atom.